The van der Waals surface area contributed by atoms with Crippen LogP contribution in [0.5, 0.6) is 0 Å². The minimum atomic E-state index is -0.134. The zero-order chi connectivity index (χ0) is 17.4. The predicted octanol–water partition coefficient (Wildman–Crippen LogP) is 2.37. The molecule has 3 N–H and O–H groups in total. The summed E-state index contributed by atoms with van der Waals surface area (Å²) < 4.78 is 1.48. The van der Waals surface area contributed by atoms with E-state index in [1.165, 1.54) is 17.4 Å². The average Bonchev–Trinajstić information content (AvgIpc) is 3.10. The van der Waals surface area contributed by atoms with Gasteiger partial charge in [0, 0.05) is 17.1 Å². The summed E-state index contributed by atoms with van der Waals surface area (Å²) in [5.41, 5.74) is 7.28. The second-order valence-corrected chi connectivity index (χ2v) is 7.53. The van der Waals surface area contributed by atoms with Crippen LogP contribution in [-0.4, -0.2) is 38.2 Å². The molecular formula is C17H22Cl2N6O. The summed E-state index contributed by atoms with van der Waals surface area (Å²) in [6.45, 7) is 0. The van der Waals surface area contributed by atoms with Gasteiger partial charge in [-0.05, 0) is 66.1 Å². The van der Waals surface area contributed by atoms with Crippen molar-refractivity contribution in [1.82, 2.24) is 25.5 Å². The highest BCUT2D eigenvalue weighted by Gasteiger charge is 2.40. The van der Waals surface area contributed by atoms with Gasteiger partial charge in [-0.25, -0.2) is 0 Å². The lowest BCUT2D eigenvalue weighted by Crippen LogP contribution is -2.53. The third kappa shape index (κ3) is 3.70. The summed E-state index contributed by atoms with van der Waals surface area (Å²) in [5.74, 6) is 0.787. The summed E-state index contributed by atoms with van der Waals surface area (Å²) in [4.78, 5) is 13.0. The lowest BCUT2D eigenvalue weighted by Gasteiger charge is -2.45. The van der Waals surface area contributed by atoms with Gasteiger partial charge in [0.15, 0.2) is 0 Å². The Hall–Kier alpha value is -1.70. The maximum absolute atomic E-state index is 13.0. The van der Waals surface area contributed by atoms with Gasteiger partial charge < -0.3 is 11.1 Å². The van der Waals surface area contributed by atoms with Gasteiger partial charge in [-0.3, -0.25) is 4.79 Å². The Morgan fingerprint density at radius 3 is 2.65 bits per heavy atom. The van der Waals surface area contributed by atoms with E-state index < -0.39 is 0 Å². The van der Waals surface area contributed by atoms with Crippen LogP contribution in [0.25, 0.3) is 5.69 Å². The Balaban J connectivity index is 0.00000196. The molecule has 2 bridgehead atoms. The maximum Gasteiger partial charge on any atom is 0.253 e. The van der Waals surface area contributed by atoms with E-state index in [-0.39, 0.29) is 30.4 Å². The number of fused-ring (bicyclic) bond motifs is 2. The molecule has 2 fully saturated rings. The molecule has 2 unspecified atom stereocenters. The van der Waals surface area contributed by atoms with Crippen LogP contribution >= 0.6 is 24.0 Å². The first-order chi connectivity index (χ1) is 12.1. The minimum absolute atomic E-state index is 0. The van der Waals surface area contributed by atoms with Crippen LogP contribution in [0.4, 0.5) is 0 Å². The van der Waals surface area contributed by atoms with Crippen molar-refractivity contribution in [1.29, 1.82) is 0 Å². The summed E-state index contributed by atoms with van der Waals surface area (Å²) in [6.07, 6.45) is 6.92. The Morgan fingerprint density at radius 1 is 1.27 bits per heavy atom. The average molecular weight is 397 g/mol. The number of hydrogen-bond donors (Lipinski definition) is 2. The second kappa shape index (κ2) is 7.90. The molecule has 7 nitrogen and oxygen atoms in total. The van der Waals surface area contributed by atoms with Crippen LogP contribution in [-0.2, 0) is 0 Å². The van der Waals surface area contributed by atoms with Crippen LogP contribution in [0, 0.1) is 11.8 Å². The zero-order valence-electron chi connectivity index (χ0n) is 14.2. The van der Waals surface area contributed by atoms with Crippen LogP contribution < -0.4 is 11.1 Å². The molecule has 2 aromatic rings. The normalized spacial score (nSPS) is 27.5. The van der Waals surface area contributed by atoms with E-state index in [0.29, 0.717) is 28.1 Å². The first-order valence-corrected chi connectivity index (χ1v) is 9.09. The number of amides is 1. The molecule has 0 saturated heterocycles. The van der Waals surface area contributed by atoms with Crippen molar-refractivity contribution >= 4 is 29.9 Å². The van der Waals surface area contributed by atoms with E-state index in [1.54, 1.807) is 18.2 Å². The quantitative estimate of drug-likeness (QED) is 0.829. The standard InChI is InChI=1S/C17H21ClN6O.ClH/c18-12-4-5-15(24-9-20-22-23-24)14(8-12)17(25)21-16-10-2-1-3-11(16)7-13(19)6-10;/h4-5,8-11,13,16H,1-3,6-7,19H2,(H,21,25);1H. The maximum atomic E-state index is 13.0. The molecule has 4 rings (SSSR count). The molecular weight excluding hydrogens is 375 g/mol. The van der Waals surface area contributed by atoms with Gasteiger partial charge in [0.1, 0.15) is 6.33 Å². The van der Waals surface area contributed by atoms with Gasteiger partial charge >= 0.3 is 0 Å². The van der Waals surface area contributed by atoms with Crippen molar-refractivity contribution in [3.8, 4) is 5.69 Å². The minimum Gasteiger partial charge on any atom is -0.349 e. The summed E-state index contributed by atoms with van der Waals surface area (Å²) >= 11 is 6.12. The van der Waals surface area contributed by atoms with Gasteiger partial charge in [0.25, 0.3) is 5.91 Å². The van der Waals surface area contributed by atoms with Crippen molar-refractivity contribution in [2.24, 2.45) is 17.6 Å². The number of rotatable bonds is 3. The summed E-state index contributed by atoms with van der Waals surface area (Å²) in [6, 6.07) is 5.58. The lowest BCUT2D eigenvalue weighted by atomic mass is 9.67. The topological polar surface area (TPSA) is 98.7 Å². The fraction of sp³-hybridized carbons (Fsp3) is 0.529. The predicted molar refractivity (Wildman–Crippen MR) is 101 cm³/mol. The second-order valence-electron chi connectivity index (χ2n) is 7.10. The van der Waals surface area contributed by atoms with E-state index in [1.807, 2.05) is 0 Å². The molecule has 2 aliphatic carbocycles. The highest BCUT2D eigenvalue weighted by Crippen LogP contribution is 2.39. The molecule has 0 spiro atoms. The molecule has 1 aromatic carbocycles. The van der Waals surface area contributed by atoms with E-state index in [9.17, 15) is 4.79 Å². The van der Waals surface area contributed by atoms with Gasteiger partial charge in [-0.2, -0.15) is 4.68 Å². The van der Waals surface area contributed by atoms with Gasteiger partial charge in [-0.15, -0.1) is 17.5 Å². The number of nitrogens with one attached hydrogen (secondary N) is 1. The van der Waals surface area contributed by atoms with Crippen molar-refractivity contribution < 1.29 is 4.79 Å². The molecule has 26 heavy (non-hydrogen) atoms. The zero-order valence-corrected chi connectivity index (χ0v) is 15.8. The number of hydrogen-bond acceptors (Lipinski definition) is 5. The fourth-order valence-corrected chi connectivity index (χ4v) is 4.59. The molecule has 2 aliphatic rings. The third-order valence-corrected chi connectivity index (χ3v) is 5.71. The highest BCUT2D eigenvalue weighted by atomic mass is 35.5. The van der Waals surface area contributed by atoms with Crippen LogP contribution in [0.15, 0.2) is 24.5 Å². The number of tetrazole rings is 1. The van der Waals surface area contributed by atoms with Crippen molar-refractivity contribution in [2.45, 2.75) is 44.2 Å². The Labute approximate surface area is 163 Å². The number of aromatic nitrogens is 4. The molecule has 1 aromatic heterocycles. The largest absolute Gasteiger partial charge is 0.349 e. The van der Waals surface area contributed by atoms with Crippen LogP contribution in [0.2, 0.25) is 5.02 Å². The molecule has 0 aliphatic heterocycles. The number of nitrogens with zero attached hydrogens (tertiary/aromatic N) is 4. The summed E-state index contributed by atoms with van der Waals surface area (Å²) in [5, 5.41) is 14.9. The van der Waals surface area contributed by atoms with E-state index in [2.05, 4.69) is 20.8 Å². The van der Waals surface area contributed by atoms with E-state index >= 15 is 0 Å². The monoisotopic (exact) mass is 396 g/mol. The first kappa shape index (κ1) is 19.1. The number of halogens is 2. The van der Waals surface area contributed by atoms with Gasteiger partial charge in [0.05, 0.1) is 11.3 Å². The van der Waals surface area contributed by atoms with Gasteiger partial charge in [0.2, 0.25) is 0 Å². The third-order valence-electron chi connectivity index (χ3n) is 5.47. The molecule has 2 atom stereocenters. The smallest absolute Gasteiger partial charge is 0.253 e. The Morgan fingerprint density at radius 2 is 2.00 bits per heavy atom. The van der Waals surface area contributed by atoms with E-state index in [4.69, 9.17) is 17.3 Å². The number of carbonyl (C=O) groups excluding carboxylic acids is 1. The Kier molecular flexibility index (Phi) is 5.79. The summed E-state index contributed by atoms with van der Waals surface area (Å²) in [7, 11) is 0. The highest BCUT2D eigenvalue weighted by molar-refractivity contribution is 6.31. The number of carbonyl (C=O) groups is 1. The number of nitrogens with two attached hydrogens (primary N) is 1. The lowest BCUT2D eigenvalue weighted by molar-refractivity contribution is 0.0756. The van der Waals surface area contributed by atoms with E-state index in [0.717, 1.165) is 25.7 Å². The molecule has 2 saturated carbocycles. The van der Waals surface area contributed by atoms with Crippen LogP contribution in [0.3, 0.4) is 0 Å². The fourth-order valence-electron chi connectivity index (χ4n) is 4.42. The van der Waals surface area contributed by atoms with Gasteiger partial charge in [-0.1, -0.05) is 18.0 Å². The van der Waals surface area contributed by atoms with Crippen molar-refractivity contribution in [3.05, 3.63) is 35.1 Å². The number of benzene rings is 1. The first-order valence-electron chi connectivity index (χ1n) is 8.71. The molecule has 1 heterocycles. The van der Waals surface area contributed by atoms with Crippen molar-refractivity contribution in [2.75, 3.05) is 0 Å². The SMILES string of the molecule is Cl.NC1CC2CCCC(C1)C2NC(=O)c1cc(Cl)ccc1-n1cnnn1. The molecule has 1 amide bonds. The molecule has 140 valence electrons. The molecule has 9 heteroatoms. The molecule has 0 radical (unpaired) electrons. The van der Waals surface area contributed by atoms with Crippen molar-refractivity contribution in [3.63, 3.8) is 0 Å². The van der Waals surface area contributed by atoms with Crippen LogP contribution in [0.1, 0.15) is 42.5 Å². The Bertz CT molecular complexity index is 755.